The highest BCUT2D eigenvalue weighted by atomic mass is 79.9. The highest BCUT2D eigenvalue weighted by Gasteiger charge is 2.01. The average Bonchev–Trinajstić information content (AvgIpc) is 2.12. The molecule has 1 aromatic carbocycles. The van der Waals surface area contributed by atoms with Crippen molar-refractivity contribution in [2.75, 3.05) is 0 Å². The van der Waals surface area contributed by atoms with Crippen LogP contribution in [0.4, 0.5) is 0 Å². The Balaban J connectivity index is 2.95. The van der Waals surface area contributed by atoms with Gasteiger partial charge in [-0.2, -0.15) is 10.2 Å². The smallest absolute Gasteiger partial charge is 0.0590 e. The van der Waals surface area contributed by atoms with Crippen molar-refractivity contribution in [2.45, 2.75) is 0 Å². The Morgan fingerprint density at radius 2 is 1.75 bits per heavy atom. The predicted molar refractivity (Wildman–Crippen MR) is 52.2 cm³/mol. The molecular formula is C8H4BrClN2. The predicted octanol–water partition coefficient (Wildman–Crippen LogP) is 3.05. The fourth-order valence-electron chi connectivity index (χ4n) is 1.03. The van der Waals surface area contributed by atoms with E-state index in [1.54, 1.807) is 12.4 Å². The van der Waals surface area contributed by atoms with E-state index in [2.05, 4.69) is 26.1 Å². The van der Waals surface area contributed by atoms with Gasteiger partial charge in [-0.05, 0) is 12.1 Å². The number of nitrogens with zero attached hydrogens (tertiary/aromatic N) is 2. The van der Waals surface area contributed by atoms with Crippen LogP contribution in [-0.4, -0.2) is 10.2 Å². The molecule has 1 heterocycles. The van der Waals surface area contributed by atoms with Crippen molar-refractivity contribution < 1.29 is 0 Å². The first kappa shape index (κ1) is 7.95. The molecule has 0 aliphatic carbocycles. The molecule has 2 nitrogen and oxygen atoms in total. The molecule has 1 aromatic heterocycles. The lowest BCUT2D eigenvalue weighted by Gasteiger charge is -1.99. The fourth-order valence-corrected chi connectivity index (χ4v) is 1.69. The summed E-state index contributed by atoms with van der Waals surface area (Å²) in [5.41, 5.74) is 0. The Morgan fingerprint density at radius 1 is 1.08 bits per heavy atom. The van der Waals surface area contributed by atoms with E-state index < -0.39 is 0 Å². The van der Waals surface area contributed by atoms with E-state index in [-0.39, 0.29) is 0 Å². The lowest BCUT2D eigenvalue weighted by atomic mass is 10.2. The molecule has 0 saturated carbocycles. The largest absolute Gasteiger partial charge is 0.158 e. The zero-order valence-electron chi connectivity index (χ0n) is 5.96. The Morgan fingerprint density at radius 3 is 2.42 bits per heavy atom. The molecule has 0 fully saturated rings. The molecule has 60 valence electrons. The molecule has 0 N–H and O–H groups in total. The second-order valence-corrected chi connectivity index (χ2v) is 3.61. The maximum Gasteiger partial charge on any atom is 0.0590 e. The van der Waals surface area contributed by atoms with Crippen LogP contribution in [0, 0.1) is 0 Å². The third-order valence-corrected chi connectivity index (χ3v) is 2.64. The Bertz CT molecular complexity index is 390. The van der Waals surface area contributed by atoms with Crippen LogP contribution in [-0.2, 0) is 0 Å². The number of fused-ring (bicyclic) bond motifs is 1. The highest BCUT2D eigenvalue weighted by molar-refractivity contribution is 9.10. The minimum Gasteiger partial charge on any atom is -0.158 e. The standard InChI is InChI=1S/C8H4BrClN2/c9-7-1-2-8(10)6-4-12-11-3-5(6)7/h1-4H. The first-order valence-electron chi connectivity index (χ1n) is 3.33. The summed E-state index contributed by atoms with van der Waals surface area (Å²) in [5.74, 6) is 0. The molecule has 0 radical (unpaired) electrons. The number of hydrogen-bond donors (Lipinski definition) is 0. The van der Waals surface area contributed by atoms with Crippen LogP contribution in [0.5, 0.6) is 0 Å². The minimum absolute atomic E-state index is 0.697. The molecule has 0 atom stereocenters. The molecule has 0 amide bonds. The molecular weight excluding hydrogens is 239 g/mol. The van der Waals surface area contributed by atoms with E-state index in [1.807, 2.05) is 12.1 Å². The fraction of sp³-hybridized carbons (Fsp3) is 0. The Kier molecular flexibility index (Phi) is 1.98. The summed E-state index contributed by atoms with van der Waals surface area (Å²) in [4.78, 5) is 0. The number of rotatable bonds is 0. The van der Waals surface area contributed by atoms with Crippen LogP contribution < -0.4 is 0 Å². The molecule has 2 aromatic rings. The normalized spacial score (nSPS) is 10.5. The maximum absolute atomic E-state index is 5.94. The second kappa shape index (κ2) is 2.99. The quantitative estimate of drug-likeness (QED) is 0.711. The van der Waals surface area contributed by atoms with E-state index in [4.69, 9.17) is 11.6 Å². The topological polar surface area (TPSA) is 25.8 Å². The van der Waals surface area contributed by atoms with Gasteiger partial charge in [0, 0.05) is 15.2 Å². The summed E-state index contributed by atoms with van der Waals surface area (Å²) in [5, 5.41) is 10.1. The van der Waals surface area contributed by atoms with Crippen LogP contribution in [0.2, 0.25) is 5.02 Å². The molecule has 0 unspecified atom stereocenters. The minimum atomic E-state index is 0.697. The summed E-state index contributed by atoms with van der Waals surface area (Å²) in [6, 6.07) is 3.72. The van der Waals surface area contributed by atoms with Gasteiger partial charge in [0.05, 0.1) is 17.4 Å². The van der Waals surface area contributed by atoms with Gasteiger partial charge in [0.1, 0.15) is 0 Å². The van der Waals surface area contributed by atoms with Crippen molar-refractivity contribution in [3.63, 3.8) is 0 Å². The van der Waals surface area contributed by atoms with E-state index in [1.165, 1.54) is 0 Å². The lowest BCUT2D eigenvalue weighted by molar-refractivity contribution is 1.05. The third kappa shape index (κ3) is 1.19. The molecule has 0 saturated heterocycles. The first-order chi connectivity index (χ1) is 5.79. The van der Waals surface area contributed by atoms with Crippen LogP contribution in [0.1, 0.15) is 0 Å². The van der Waals surface area contributed by atoms with Gasteiger partial charge in [-0.3, -0.25) is 0 Å². The van der Waals surface area contributed by atoms with E-state index >= 15 is 0 Å². The zero-order chi connectivity index (χ0) is 8.55. The number of halogens is 2. The van der Waals surface area contributed by atoms with Gasteiger partial charge >= 0.3 is 0 Å². The summed E-state index contributed by atoms with van der Waals surface area (Å²) in [6.07, 6.45) is 3.34. The van der Waals surface area contributed by atoms with Gasteiger partial charge < -0.3 is 0 Å². The van der Waals surface area contributed by atoms with Crippen LogP contribution >= 0.6 is 27.5 Å². The molecule has 12 heavy (non-hydrogen) atoms. The SMILES string of the molecule is Clc1ccc(Br)c2cnncc12. The van der Waals surface area contributed by atoms with Crippen LogP contribution in [0.25, 0.3) is 10.8 Å². The van der Waals surface area contributed by atoms with Gasteiger partial charge in [0.15, 0.2) is 0 Å². The van der Waals surface area contributed by atoms with Gasteiger partial charge in [0.25, 0.3) is 0 Å². The van der Waals surface area contributed by atoms with Crippen molar-refractivity contribution >= 4 is 38.3 Å². The summed E-state index contributed by atoms with van der Waals surface area (Å²) in [7, 11) is 0. The van der Waals surface area contributed by atoms with Gasteiger partial charge in [0.2, 0.25) is 0 Å². The molecule has 2 rings (SSSR count). The first-order valence-corrected chi connectivity index (χ1v) is 4.50. The Hall–Kier alpha value is -0.670. The number of benzene rings is 1. The van der Waals surface area contributed by atoms with Crippen molar-refractivity contribution in [3.8, 4) is 0 Å². The monoisotopic (exact) mass is 242 g/mol. The molecule has 4 heteroatoms. The summed E-state index contributed by atoms with van der Waals surface area (Å²) < 4.78 is 0.983. The van der Waals surface area contributed by atoms with Crippen molar-refractivity contribution in [1.29, 1.82) is 0 Å². The zero-order valence-corrected chi connectivity index (χ0v) is 8.30. The van der Waals surface area contributed by atoms with Crippen molar-refractivity contribution in [3.05, 3.63) is 34.0 Å². The molecule has 0 bridgehead atoms. The summed E-state index contributed by atoms with van der Waals surface area (Å²) >= 11 is 9.34. The van der Waals surface area contributed by atoms with E-state index in [0.717, 1.165) is 15.2 Å². The van der Waals surface area contributed by atoms with Crippen LogP contribution in [0.15, 0.2) is 29.0 Å². The van der Waals surface area contributed by atoms with Gasteiger partial charge in [-0.1, -0.05) is 27.5 Å². The van der Waals surface area contributed by atoms with Gasteiger partial charge in [-0.15, -0.1) is 0 Å². The molecule has 0 spiro atoms. The molecule has 0 aliphatic rings. The van der Waals surface area contributed by atoms with E-state index in [9.17, 15) is 0 Å². The van der Waals surface area contributed by atoms with Crippen molar-refractivity contribution in [2.24, 2.45) is 0 Å². The maximum atomic E-state index is 5.94. The highest BCUT2D eigenvalue weighted by Crippen LogP contribution is 2.28. The lowest BCUT2D eigenvalue weighted by Crippen LogP contribution is -1.81. The Labute approximate surface area is 82.7 Å². The van der Waals surface area contributed by atoms with Gasteiger partial charge in [-0.25, -0.2) is 0 Å². The number of hydrogen-bond acceptors (Lipinski definition) is 2. The average molecular weight is 243 g/mol. The van der Waals surface area contributed by atoms with E-state index in [0.29, 0.717) is 5.02 Å². The van der Waals surface area contributed by atoms with Crippen LogP contribution in [0.3, 0.4) is 0 Å². The van der Waals surface area contributed by atoms with Crippen molar-refractivity contribution in [1.82, 2.24) is 10.2 Å². The molecule has 0 aliphatic heterocycles. The third-order valence-electron chi connectivity index (χ3n) is 1.62. The summed E-state index contributed by atoms with van der Waals surface area (Å²) in [6.45, 7) is 0. The number of aromatic nitrogens is 2. The second-order valence-electron chi connectivity index (χ2n) is 2.35.